The monoisotopic (exact) mass is 1710 g/mol. The first-order chi connectivity index (χ1) is 65.4. The Kier molecular flexibility index (Phi) is 24.3. The van der Waals surface area contributed by atoms with E-state index < -0.39 is 0 Å². The average molecular weight is 1710 g/mol. The molecule has 18 aromatic carbocycles. The van der Waals surface area contributed by atoms with Crippen LogP contribution in [0.2, 0.25) is 0 Å². The predicted octanol–water partition coefficient (Wildman–Crippen LogP) is 37.9. The third-order valence-electron chi connectivity index (χ3n) is 26.8. The van der Waals surface area contributed by atoms with Gasteiger partial charge < -0.3 is 17.7 Å². The van der Waals surface area contributed by atoms with Crippen LogP contribution in [0.4, 0.5) is 0 Å². The summed E-state index contributed by atoms with van der Waals surface area (Å²) in [5.41, 5.74) is 31.8. The zero-order chi connectivity index (χ0) is 88.6. The van der Waals surface area contributed by atoms with Crippen molar-refractivity contribution in [1.82, 2.24) is 0 Å². The van der Waals surface area contributed by atoms with Gasteiger partial charge >= 0.3 is 0 Å². The molecule has 0 radical (unpaired) electrons. The molecule has 0 aliphatic carbocycles. The van der Waals surface area contributed by atoms with Crippen LogP contribution in [0.1, 0.15) is 115 Å². The van der Waals surface area contributed by atoms with Gasteiger partial charge in [0.1, 0.15) is 45.4 Å². The molecule has 0 unspecified atom stereocenters. The highest BCUT2D eigenvalue weighted by Gasteiger charge is 2.32. The molecule has 0 fully saturated rings. The van der Waals surface area contributed by atoms with Gasteiger partial charge in [0.05, 0.1) is 0 Å². The molecule has 642 valence electrons. The van der Waals surface area contributed by atoms with Crippen molar-refractivity contribution in [3.05, 3.63) is 423 Å². The normalized spacial score (nSPS) is 11.6. The van der Waals surface area contributed by atoms with E-state index in [1.165, 1.54) is 110 Å². The average Bonchev–Trinajstić information content (AvgIpc) is 1.53. The highest BCUT2D eigenvalue weighted by atomic mass is 16.3. The zero-order valence-corrected chi connectivity index (χ0v) is 75.4. The molecule has 0 amide bonds. The molecule has 0 spiro atoms. The van der Waals surface area contributed by atoms with Crippen LogP contribution in [-0.2, 0) is 19.3 Å². The Balaban J connectivity index is 0.000000159. The Morgan fingerprint density at radius 3 is 0.689 bits per heavy atom. The van der Waals surface area contributed by atoms with Crippen LogP contribution in [0.25, 0.3) is 222 Å². The smallest absolute Gasteiger partial charge is 0.144 e. The third kappa shape index (κ3) is 16.6. The van der Waals surface area contributed by atoms with Gasteiger partial charge in [0.25, 0.3) is 0 Å². The van der Waals surface area contributed by atoms with Crippen LogP contribution < -0.4 is 0 Å². The lowest BCUT2D eigenvalue weighted by atomic mass is 9.86. The predicted molar refractivity (Wildman–Crippen MR) is 559 cm³/mol. The molecular weight excluding hydrogens is 1600 g/mol. The van der Waals surface area contributed by atoms with E-state index in [1.807, 2.05) is 0 Å². The minimum Gasteiger partial charge on any atom is -0.455 e. The van der Waals surface area contributed by atoms with Gasteiger partial charge in [0.15, 0.2) is 0 Å². The number of benzene rings is 18. The maximum absolute atomic E-state index is 7.48. The maximum atomic E-state index is 7.48. The van der Waals surface area contributed by atoms with Crippen molar-refractivity contribution in [2.24, 2.45) is 0 Å². The number of furan rings is 4. The highest BCUT2D eigenvalue weighted by molar-refractivity contribution is 6.31. The molecule has 0 saturated heterocycles. The molecular formula is C128H106O4. The minimum absolute atomic E-state index is 0.834. The van der Waals surface area contributed by atoms with E-state index in [2.05, 4.69) is 427 Å². The lowest BCUT2D eigenvalue weighted by Gasteiger charge is -2.16. The molecule has 4 heteroatoms. The van der Waals surface area contributed by atoms with Gasteiger partial charge in [-0.2, -0.15) is 0 Å². The Bertz CT molecular complexity index is 7520. The van der Waals surface area contributed by atoms with E-state index in [-0.39, 0.29) is 0 Å². The topological polar surface area (TPSA) is 52.6 Å². The number of unbranched alkanes of at least 4 members (excludes halogenated alkanes) is 9. The molecule has 0 saturated carbocycles. The summed E-state index contributed by atoms with van der Waals surface area (Å²) in [7, 11) is 0. The molecule has 4 nitrogen and oxygen atoms in total. The van der Waals surface area contributed by atoms with Crippen LogP contribution in [0.15, 0.2) is 424 Å². The van der Waals surface area contributed by atoms with Crippen molar-refractivity contribution in [2.75, 3.05) is 0 Å². The van der Waals surface area contributed by atoms with Crippen LogP contribution >= 0.6 is 0 Å². The summed E-state index contributed by atoms with van der Waals surface area (Å²) in [6.45, 7) is 6.83. The zero-order valence-electron chi connectivity index (χ0n) is 75.4. The second-order valence-electron chi connectivity index (χ2n) is 35.5. The molecule has 132 heavy (non-hydrogen) atoms. The second-order valence-corrected chi connectivity index (χ2v) is 35.5. The van der Waals surface area contributed by atoms with Crippen molar-refractivity contribution >= 4 is 76.2 Å². The molecule has 22 aromatic rings. The van der Waals surface area contributed by atoms with Gasteiger partial charge in [-0.3, -0.25) is 0 Å². The first-order valence-electron chi connectivity index (χ1n) is 47.8. The third-order valence-corrected chi connectivity index (χ3v) is 26.8. The van der Waals surface area contributed by atoms with E-state index in [0.717, 1.165) is 225 Å². The Morgan fingerprint density at radius 1 is 0.167 bits per heavy atom. The first-order valence-corrected chi connectivity index (χ1v) is 47.8. The van der Waals surface area contributed by atoms with Crippen LogP contribution in [-0.4, -0.2) is 0 Å². The van der Waals surface area contributed by atoms with Crippen molar-refractivity contribution in [1.29, 1.82) is 0 Å². The number of rotatable bonds is 28. The van der Waals surface area contributed by atoms with Crippen molar-refractivity contribution < 1.29 is 17.7 Å². The summed E-state index contributed by atoms with van der Waals surface area (Å²) >= 11 is 0. The summed E-state index contributed by atoms with van der Waals surface area (Å²) in [4.78, 5) is 0. The molecule has 0 atom stereocenters. The van der Waals surface area contributed by atoms with Crippen LogP contribution in [0.3, 0.4) is 0 Å². The van der Waals surface area contributed by atoms with E-state index in [1.54, 1.807) is 0 Å². The van der Waals surface area contributed by atoms with Crippen molar-refractivity contribution in [3.8, 4) is 145 Å². The summed E-state index contributed by atoms with van der Waals surface area (Å²) in [5.74, 6) is 3.42. The summed E-state index contributed by atoms with van der Waals surface area (Å²) in [6.07, 6.45) is 18.2. The standard InChI is InChI=1S/C66H50O2.C62H56O2/c1-2-3-4-9-22-44-37-39-46(40-38-44)55-42-57-59(47-24-10-5-11-25-47)63(49-28-14-7-15-29-49)68-66(57)62-56(52-34-20-33-51(41-52)54-36-21-32-45-23-18-19-35-53(45)54)43-58-60(48-26-12-6-13-27-48)64(67-65(58)61(55)62)50-30-16-8-17-31-50;1-3-5-7-13-23-43-33-37-45(38-34-43)51-41-53-55(47-25-15-9-16-26-47)59(49-29-19-11-20-30-49)64-62(53)58-52(46-39-35-44(36-40-46)24-14-8-6-4-2)42-54-56(48-27-17-10-18-28-48)60(63-61(54)57(51)58)50-31-21-12-22-32-50/h5-8,10-21,23-43H,2-4,9,22H2,1H3;9-12,15-22,25-42H,3-8,13-14,23-24H2,1-2H3. The fraction of sp³-hybridized carbons (Fsp3) is 0.141. The largest absolute Gasteiger partial charge is 0.455 e. The van der Waals surface area contributed by atoms with Gasteiger partial charge in [0.2, 0.25) is 0 Å². The summed E-state index contributed by atoms with van der Waals surface area (Å²) in [5, 5.41) is 10.9. The number of aryl methyl sites for hydroxylation is 3. The van der Waals surface area contributed by atoms with Gasteiger partial charge in [-0.15, -0.1) is 0 Å². The SMILES string of the molecule is CCCCCCc1ccc(-c2cc3c(-c4ccccc4)c(-c4ccccc4)oc3c3c(-c4ccc(CCCCCC)cc4)cc4c(-c5ccccc5)c(-c5ccccc5)oc4c23)cc1.CCCCCCc1ccc(-c2cc3c(-c4ccccc4)c(-c4ccccc4)oc3c3c(-c4cccc(-c5cccc6ccccc56)c4)cc4c(-c5ccccc5)c(-c5ccccc5)oc4c23)cc1. The van der Waals surface area contributed by atoms with Crippen LogP contribution in [0.5, 0.6) is 0 Å². The molecule has 0 aliphatic heterocycles. The lowest BCUT2D eigenvalue weighted by molar-refractivity contribution is 0.633. The van der Waals surface area contributed by atoms with Gasteiger partial charge in [-0.25, -0.2) is 0 Å². The molecule has 4 heterocycles. The molecule has 22 rings (SSSR count). The van der Waals surface area contributed by atoms with Gasteiger partial charge in [0, 0.05) is 87.6 Å². The fourth-order valence-electron chi connectivity index (χ4n) is 20.2. The summed E-state index contributed by atoms with van der Waals surface area (Å²) < 4.78 is 29.7. The van der Waals surface area contributed by atoms with Crippen molar-refractivity contribution in [2.45, 2.75) is 117 Å². The van der Waals surface area contributed by atoms with Gasteiger partial charge in [-0.05, 0) is 174 Å². The lowest BCUT2D eigenvalue weighted by Crippen LogP contribution is -1.91. The van der Waals surface area contributed by atoms with E-state index in [4.69, 9.17) is 17.7 Å². The Morgan fingerprint density at radius 2 is 0.402 bits per heavy atom. The second kappa shape index (κ2) is 38.3. The molecule has 0 aliphatic rings. The number of hydrogen-bond acceptors (Lipinski definition) is 4. The minimum atomic E-state index is 0.834. The Labute approximate surface area is 774 Å². The van der Waals surface area contributed by atoms with Crippen molar-refractivity contribution in [3.63, 3.8) is 0 Å². The molecule has 0 N–H and O–H groups in total. The number of hydrogen-bond donors (Lipinski definition) is 0. The first kappa shape index (κ1) is 83.8. The highest BCUT2D eigenvalue weighted by Crippen LogP contribution is 2.57. The summed E-state index contributed by atoms with van der Waals surface area (Å²) in [6, 6.07) is 147. The Hall–Kier alpha value is -15.1. The fourth-order valence-corrected chi connectivity index (χ4v) is 20.2. The number of fused-ring (bicyclic) bond motifs is 11. The quantitative estimate of drug-likeness (QED) is 0.0459. The maximum Gasteiger partial charge on any atom is 0.144 e. The van der Waals surface area contributed by atoms with E-state index in [9.17, 15) is 0 Å². The molecule has 4 aromatic heterocycles. The van der Waals surface area contributed by atoms with Gasteiger partial charge in [-0.1, -0.05) is 455 Å². The van der Waals surface area contributed by atoms with Crippen LogP contribution in [0, 0.1) is 0 Å². The molecule has 0 bridgehead atoms. The van der Waals surface area contributed by atoms with E-state index >= 15 is 0 Å². The van der Waals surface area contributed by atoms with E-state index in [0.29, 0.717) is 0 Å².